The first-order chi connectivity index (χ1) is 6.43. The molecule has 1 aromatic rings. The second-order valence-electron chi connectivity index (χ2n) is 4.47. The van der Waals surface area contributed by atoms with E-state index in [1.54, 1.807) is 0 Å². The van der Waals surface area contributed by atoms with Gasteiger partial charge in [-0.15, -0.1) is 0 Å². The van der Waals surface area contributed by atoms with Crippen molar-refractivity contribution in [3.05, 3.63) is 29.6 Å². The lowest BCUT2D eigenvalue weighted by Crippen LogP contribution is -2.21. The van der Waals surface area contributed by atoms with E-state index in [4.69, 9.17) is 0 Å². The van der Waals surface area contributed by atoms with Gasteiger partial charge >= 0.3 is 0 Å². The molecule has 0 saturated heterocycles. The maximum atomic E-state index is 4.48. The van der Waals surface area contributed by atoms with E-state index in [-0.39, 0.29) is 0 Å². The lowest BCUT2D eigenvalue weighted by molar-refractivity contribution is 0.356. The third kappa shape index (κ3) is 1.18. The van der Waals surface area contributed by atoms with Crippen LogP contribution < -0.4 is 0 Å². The smallest absolute Gasteiger partial charge is 0.0438 e. The van der Waals surface area contributed by atoms with Crippen molar-refractivity contribution < 1.29 is 0 Å². The van der Waals surface area contributed by atoms with Crippen molar-refractivity contribution in [2.45, 2.75) is 32.1 Å². The standard InChI is InChI=1S/C12H15N/c1-3-9-7-11-5-2-6-13-12(11)8-10(9)4-1/h2,5-6,9-10H,1,3-4,7-8H2. The van der Waals surface area contributed by atoms with Crippen LogP contribution in [0.2, 0.25) is 0 Å². The quantitative estimate of drug-likeness (QED) is 0.587. The van der Waals surface area contributed by atoms with Crippen LogP contribution in [0.4, 0.5) is 0 Å². The van der Waals surface area contributed by atoms with Gasteiger partial charge in [-0.25, -0.2) is 0 Å². The highest BCUT2D eigenvalue weighted by molar-refractivity contribution is 5.24. The molecule has 2 aliphatic carbocycles. The van der Waals surface area contributed by atoms with Crippen LogP contribution in [-0.4, -0.2) is 4.98 Å². The predicted molar refractivity (Wildman–Crippen MR) is 52.5 cm³/mol. The molecule has 0 bridgehead atoms. The topological polar surface area (TPSA) is 12.9 Å². The molecule has 1 fully saturated rings. The van der Waals surface area contributed by atoms with E-state index >= 15 is 0 Å². The lowest BCUT2D eigenvalue weighted by Gasteiger charge is -2.26. The molecular formula is C12H15N. The molecular weight excluding hydrogens is 158 g/mol. The van der Waals surface area contributed by atoms with Gasteiger partial charge < -0.3 is 0 Å². The molecule has 1 heterocycles. The first kappa shape index (κ1) is 7.54. The zero-order valence-corrected chi connectivity index (χ0v) is 7.87. The average molecular weight is 173 g/mol. The second kappa shape index (κ2) is 2.83. The number of nitrogens with zero attached hydrogens (tertiary/aromatic N) is 1. The Morgan fingerprint density at radius 1 is 1.15 bits per heavy atom. The van der Waals surface area contributed by atoms with Gasteiger partial charge in [0.25, 0.3) is 0 Å². The van der Waals surface area contributed by atoms with Crippen molar-refractivity contribution in [3.8, 4) is 0 Å². The molecule has 0 spiro atoms. The van der Waals surface area contributed by atoms with Crippen LogP contribution in [-0.2, 0) is 12.8 Å². The van der Waals surface area contributed by atoms with Crippen LogP contribution in [0.15, 0.2) is 18.3 Å². The van der Waals surface area contributed by atoms with Gasteiger partial charge in [-0.1, -0.05) is 12.5 Å². The van der Waals surface area contributed by atoms with Gasteiger partial charge in [0, 0.05) is 11.9 Å². The average Bonchev–Trinajstić information content (AvgIpc) is 2.61. The first-order valence-corrected chi connectivity index (χ1v) is 5.36. The molecule has 2 aliphatic rings. The fourth-order valence-electron chi connectivity index (χ4n) is 3.02. The molecule has 2 unspecified atom stereocenters. The Labute approximate surface area is 79.2 Å². The van der Waals surface area contributed by atoms with Gasteiger partial charge in [-0.2, -0.15) is 0 Å². The highest BCUT2D eigenvalue weighted by Gasteiger charge is 2.32. The predicted octanol–water partition coefficient (Wildman–Crippen LogP) is 2.60. The second-order valence-corrected chi connectivity index (χ2v) is 4.47. The van der Waals surface area contributed by atoms with Gasteiger partial charge in [0.15, 0.2) is 0 Å². The van der Waals surface area contributed by atoms with E-state index in [0.717, 1.165) is 11.8 Å². The summed E-state index contributed by atoms with van der Waals surface area (Å²) < 4.78 is 0. The Bertz CT molecular complexity index is 288. The molecule has 0 aromatic carbocycles. The lowest BCUT2D eigenvalue weighted by atomic mass is 9.80. The van der Waals surface area contributed by atoms with E-state index < -0.39 is 0 Å². The highest BCUT2D eigenvalue weighted by atomic mass is 14.7. The van der Waals surface area contributed by atoms with Crippen molar-refractivity contribution in [1.82, 2.24) is 4.98 Å². The molecule has 0 aliphatic heterocycles. The molecule has 2 atom stereocenters. The molecule has 0 radical (unpaired) electrons. The summed E-state index contributed by atoms with van der Waals surface area (Å²) in [5.41, 5.74) is 2.90. The molecule has 1 heteroatoms. The van der Waals surface area contributed by atoms with Crippen LogP contribution in [0.1, 0.15) is 30.5 Å². The number of aromatic nitrogens is 1. The van der Waals surface area contributed by atoms with Crippen molar-refractivity contribution >= 4 is 0 Å². The zero-order chi connectivity index (χ0) is 8.67. The maximum absolute atomic E-state index is 4.48. The summed E-state index contributed by atoms with van der Waals surface area (Å²) in [6, 6.07) is 4.34. The summed E-state index contributed by atoms with van der Waals surface area (Å²) in [5, 5.41) is 0. The van der Waals surface area contributed by atoms with E-state index in [0.29, 0.717) is 0 Å². The maximum Gasteiger partial charge on any atom is 0.0438 e. The van der Waals surface area contributed by atoms with Crippen LogP contribution in [0.3, 0.4) is 0 Å². The Balaban J connectivity index is 1.97. The van der Waals surface area contributed by atoms with Gasteiger partial charge in [-0.3, -0.25) is 4.98 Å². The van der Waals surface area contributed by atoms with Gasteiger partial charge in [0.2, 0.25) is 0 Å². The molecule has 0 N–H and O–H groups in total. The third-order valence-electron chi connectivity index (χ3n) is 3.74. The first-order valence-electron chi connectivity index (χ1n) is 5.36. The monoisotopic (exact) mass is 173 g/mol. The van der Waals surface area contributed by atoms with Crippen LogP contribution in [0, 0.1) is 11.8 Å². The van der Waals surface area contributed by atoms with Crippen molar-refractivity contribution in [2.24, 2.45) is 11.8 Å². The summed E-state index contributed by atoms with van der Waals surface area (Å²) in [6.07, 6.45) is 8.84. The van der Waals surface area contributed by atoms with Crippen LogP contribution in [0.5, 0.6) is 0 Å². The number of rotatable bonds is 0. The minimum Gasteiger partial charge on any atom is -0.261 e. The summed E-state index contributed by atoms with van der Waals surface area (Å²) >= 11 is 0. The number of hydrogen-bond acceptors (Lipinski definition) is 1. The molecule has 13 heavy (non-hydrogen) atoms. The molecule has 68 valence electrons. The minimum absolute atomic E-state index is 0.961. The fourth-order valence-corrected chi connectivity index (χ4v) is 3.02. The fraction of sp³-hybridized carbons (Fsp3) is 0.583. The van der Waals surface area contributed by atoms with E-state index in [9.17, 15) is 0 Å². The number of hydrogen-bond donors (Lipinski definition) is 0. The van der Waals surface area contributed by atoms with Crippen LogP contribution >= 0.6 is 0 Å². The normalized spacial score (nSPS) is 31.1. The summed E-state index contributed by atoms with van der Waals surface area (Å²) in [7, 11) is 0. The van der Waals surface area contributed by atoms with Crippen molar-refractivity contribution in [2.75, 3.05) is 0 Å². The van der Waals surface area contributed by atoms with Crippen molar-refractivity contribution in [3.63, 3.8) is 0 Å². The number of fused-ring (bicyclic) bond motifs is 2. The number of pyridine rings is 1. The Morgan fingerprint density at radius 2 is 2.00 bits per heavy atom. The Morgan fingerprint density at radius 3 is 2.92 bits per heavy atom. The van der Waals surface area contributed by atoms with Gasteiger partial charge in [0.1, 0.15) is 0 Å². The van der Waals surface area contributed by atoms with E-state index in [1.165, 1.54) is 43.4 Å². The van der Waals surface area contributed by atoms with Gasteiger partial charge in [-0.05, 0) is 49.1 Å². The van der Waals surface area contributed by atoms with E-state index in [1.807, 2.05) is 6.20 Å². The SMILES string of the molecule is c1cnc2c(c1)CC1CCCC1C2. The highest BCUT2D eigenvalue weighted by Crippen LogP contribution is 2.40. The molecule has 0 amide bonds. The summed E-state index contributed by atoms with van der Waals surface area (Å²) in [5.74, 6) is 1.94. The minimum atomic E-state index is 0.961. The molecule has 1 aromatic heterocycles. The van der Waals surface area contributed by atoms with E-state index in [2.05, 4.69) is 17.1 Å². The third-order valence-corrected chi connectivity index (χ3v) is 3.74. The Hall–Kier alpha value is -0.850. The molecule has 1 nitrogen and oxygen atoms in total. The largest absolute Gasteiger partial charge is 0.261 e. The van der Waals surface area contributed by atoms with Crippen LogP contribution in [0.25, 0.3) is 0 Å². The summed E-state index contributed by atoms with van der Waals surface area (Å²) in [6.45, 7) is 0. The zero-order valence-electron chi connectivity index (χ0n) is 7.87. The van der Waals surface area contributed by atoms with Crippen molar-refractivity contribution in [1.29, 1.82) is 0 Å². The summed E-state index contributed by atoms with van der Waals surface area (Å²) in [4.78, 5) is 4.48. The molecule has 3 rings (SSSR count). The molecule has 1 saturated carbocycles. The Kier molecular flexibility index (Phi) is 1.64. The van der Waals surface area contributed by atoms with Gasteiger partial charge in [0.05, 0.1) is 0 Å².